The maximum absolute atomic E-state index is 12.9. The molecule has 0 aliphatic carbocycles. The molecule has 0 spiro atoms. The summed E-state index contributed by atoms with van der Waals surface area (Å²) in [5.41, 5.74) is 4.42. The summed E-state index contributed by atoms with van der Waals surface area (Å²) in [6.45, 7) is 7.79. The van der Waals surface area contributed by atoms with E-state index in [2.05, 4.69) is 20.5 Å². The maximum atomic E-state index is 12.9. The summed E-state index contributed by atoms with van der Waals surface area (Å²) in [6, 6.07) is 18.0. The Kier molecular flexibility index (Phi) is 7.85. The lowest BCUT2D eigenvalue weighted by Crippen LogP contribution is -2.38. The molecule has 1 N–H and O–H groups in total. The summed E-state index contributed by atoms with van der Waals surface area (Å²) >= 11 is 0. The molecule has 1 aliphatic rings. The number of ketones is 1. The van der Waals surface area contributed by atoms with Crippen LogP contribution in [0, 0.1) is 5.92 Å². The zero-order chi connectivity index (χ0) is 23.9. The van der Waals surface area contributed by atoms with Crippen molar-refractivity contribution in [3.05, 3.63) is 82.7 Å². The Labute approximate surface area is 201 Å². The van der Waals surface area contributed by atoms with E-state index in [0.717, 1.165) is 49.3 Å². The van der Waals surface area contributed by atoms with E-state index in [9.17, 15) is 9.59 Å². The van der Waals surface area contributed by atoms with Crippen molar-refractivity contribution < 1.29 is 9.59 Å². The van der Waals surface area contributed by atoms with Gasteiger partial charge in [0.2, 0.25) is 0 Å². The zero-order valence-electron chi connectivity index (χ0n) is 20.0. The third-order valence-corrected chi connectivity index (χ3v) is 6.59. The van der Waals surface area contributed by atoms with Crippen LogP contribution in [0.5, 0.6) is 0 Å². The Morgan fingerprint density at radius 2 is 1.65 bits per heavy atom. The van der Waals surface area contributed by atoms with Crippen molar-refractivity contribution in [3.8, 4) is 0 Å². The van der Waals surface area contributed by atoms with E-state index >= 15 is 0 Å². The fourth-order valence-corrected chi connectivity index (χ4v) is 4.51. The first kappa shape index (κ1) is 23.8. The number of nitrogens with zero attached hydrogens (tertiary/aromatic N) is 4. The van der Waals surface area contributed by atoms with Crippen LogP contribution in [-0.4, -0.2) is 51.2 Å². The molecule has 3 aromatic rings. The average molecular weight is 460 g/mol. The van der Waals surface area contributed by atoms with Crippen LogP contribution in [0.3, 0.4) is 0 Å². The number of likely N-dealkylation sites (tertiary alicyclic amines) is 1. The quantitative estimate of drug-likeness (QED) is 0.493. The molecule has 0 atom stereocenters. The third kappa shape index (κ3) is 5.97. The molecule has 4 rings (SSSR count). The lowest BCUT2D eigenvalue weighted by atomic mass is 9.96. The van der Waals surface area contributed by atoms with Gasteiger partial charge in [-0.3, -0.25) is 14.5 Å². The fraction of sp³-hybridized carbons (Fsp3) is 0.407. The van der Waals surface area contributed by atoms with E-state index in [-0.39, 0.29) is 11.7 Å². The molecule has 0 saturated carbocycles. The molecule has 0 radical (unpaired) electrons. The molecule has 1 amide bonds. The van der Waals surface area contributed by atoms with Crippen LogP contribution in [0.2, 0.25) is 0 Å². The largest absolute Gasteiger partial charge is 0.350 e. The highest BCUT2D eigenvalue weighted by Gasteiger charge is 2.22. The molecule has 0 unspecified atom stereocenters. The number of benzene rings is 2. The molecule has 7 heteroatoms. The predicted octanol–water partition coefficient (Wildman–Crippen LogP) is 3.73. The number of hydrogen-bond donors (Lipinski definition) is 1. The first-order chi connectivity index (χ1) is 16.5. The van der Waals surface area contributed by atoms with Gasteiger partial charge in [-0.15, -0.1) is 5.10 Å². The van der Waals surface area contributed by atoms with Crippen molar-refractivity contribution in [2.45, 2.75) is 46.2 Å². The lowest BCUT2D eigenvalue weighted by Gasteiger charge is -2.32. The first-order valence-corrected chi connectivity index (χ1v) is 12.1. The number of hydrogen-bond acceptors (Lipinski definition) is 5. The molecule has 1 fully saturated rings. The van der Waals surface area contributed by atoms with Gasteiger partial charge in [-0.2, -0.15) is 0 Å². The van der Waals surface area contributed by atoms with Gasteiger partial charge in [-0.1, -0.05) is 66.7 Å². The summed E-state index contributed by atoms with van der Waals surface area (Å²) in [5.74, 6) is 0.424. The highest BCUT2D eigenvalue weighted by molar-refractivity contribution is 5.94. The highest BCUT2D eigenvalue weighted by Crippen LogP contribution is 2.19. The summed E-state index contributed by atoms with van der Waals surface area (Å²) in [6.07, 6.45) is 2.80. The zero-order valence-corrected chi connectivity index (χ0v) is 20.0. The fourth-order valence-electron chi connectivity index (χ4n) is 4.51. The standard InChI is InChI=1S/C27H33N5O2/c1-3-25-26(29-30-32(25)19-22-7-5-4-6-8-22)27(34)28-17-21-13-15-31(16-14-21)18-23-9-11-24(12-10-23)20(2)33/h4-12,21H,3,13-19H2,1-2H3,(H,28,34). The number of nitrogens with one attached hydrogen (secondary N) is 1. The minimum Gasteiger partial charge on any atom is -0.350 e. The van der Waals surface area contributed by atoms with E-state index in [4.69, 9.17) is 0 Å². The molecule has 2 aromatic carbocycles. The van der Waals surface area contributed by atoms with Gasteiger partial charge in [0.05, 0.1) is 12.2 Å². The van der Waals surface area contributed by atoms with Crippen LogP contribution in [0.25, 0.3) is 0 Å². The van der Waals surface area contributed by atoms with Crippen LogP contribution < -0.4 is 5.32 Å². The SMILES string of the molecule is CCc1c(C(=O)NCC2CCN(Cc3ccc(C(C)=O)cc3)CC2)nnn1Cc1ccccc1. The third-order valence-electron chi connectivity index (χ3n) is 6.59. The Morgan fingerprint density at radius 1 is 0.971 bits per heavy atom. The molecule has 7 nitrogen and oxygen atoms in total. The number of amides is 1. The number of aromatic nitrogens is 3. The van der Waals surface area contributed by atoms with Crippen molar-refractivity contribution >= 4 is 11.7 Å². The topological polar surface area (TPSA) is 80.1 Å². The average Bonchev–Trinajstić information content (AvgIpc) is 3.27. The number of piperidine rings is 1. The summed E-state index contributed by atoms with van der Waals surface area (Å²) in [7, 11) is 0. The minimum atomic E-state index is -0.135. The molecule has 178 valence electrons. The molecule has 1 aliphatic heterocycles. The number of carbonyl (C=O) groups is 2. The van der Waals surface area contributed by atoms with Crippen LogP contribution in [0.1, 0.15) is 64.4 Å². The van der Waals surface area contributed by atoms with Gasteiger partial charge in [-0.25, -0.2) is 4.68 Å². The molecule has 2 heterocycles. The van der Waals surface area contributed by atoms with Gasteiger partial charge in [0.25, 0.3) is 5.91 Å². The van der Waals surface area contributed by atoms with Crippen molar-refractivity contribution in [3.63, 3.8) is 0 Å². The highest BCUT2D eigenvalue weighted by atomic mass is 16.2. The normalized spacial score (nSPS) is 14.8. The van der Waals surface area contributed by atoms with Crippen molar-refractivity contribution in [1.29, 1.82) is 0 Å². The van der Waals surface area contributed by atoms with Crippen LogP contribution in [0.4, 0.5) is 0 Å². The van der Waals surface area contributed by atoms with Crippen molar-refractivity contribution in [1.82, 2.24) is 25.2 Å². The van der Waals surface area contributed by atoms with E-state index < -0.39 is 0 Å². The Bertz CT molecular complexity index is 1100. The van der Waals surface area contributed by atoms with Crippen LogP contribution in [0.15, 0.2) is 54.6 Å². The minimum absolute atomic E-state index is 0.0965. The Morgan fingerprint density at radius 3 is 2.29 bits per heavy atom. The second-order valence-electron chi connectivity index (χ2n) is 9.06. The maximum Gasteiger partial charge on any atom is 0.273 e. The molecule has 1 saturated heterocycles. The second-order valence-corrected chi connectivity index (χ2v) is 9.06. The van der Waals surface area contributed by atoms with Gasteiger partial charge >= 0.3 is 0 Å². The Balaban J connectivity index is 1.25. The van der Waals surface area contributed by atoms with Gasteiger partial charge in [0.1, 0.15) is 0 Å². The predicted molar refractivity (Wildman–Crippen MR) is 132 cm³/mol. The van der Waals surface area contributed by atoms with E-state index in [1.54, 1.807) is 6.92 Å². The summed E-state index contributed by atoms with van der Waals surface area (Å²) < 4.78 is 1.83. The Hall–Kier alpha value is -3.32. The van der Waals surface area contributed by atoms with E-state index in [1.807, 2.05) is 66.2 Å². The van der Waals surface area contributed by atoms with Gasteiger partial charge in [-0.05, 0) is 56.3 Å². The molecule has 0 bridgehead atoms. The summed E-state index contributed by atoms with van der Waals surface area (Å²) in [5, 5.41) is 11.5. The number of carbonyl (C=O) groups excluding carboxylic acids is 2. The van der Waals surface area contributed by atoms with E-state index in [1.165, 1.54) is 5.56 Å². The first-order valence-electron chi connectivity index (χ1n) is 12.1. The molecular weight excluding hydrogens is 426 g/mol. The second kappa shape index (κ2) is 11.2. The van der Waals surface area contributed by atoms with Gasteiger partial charge in [0, 0.05) is 18.7 Å². The van der Waals surface area contributed by atoms with Gasteiger partial charge < -0.3 is 5.32 Å². The summed E-state index contributed by atoms with van der Waals surface area (Å²) in [4.78, 5) is 26.7. The van der Waals surface area contributed by atoms with Gasteiger partial charge in [0.15, 0.2) is 11.5 Å². The molecule has 1 aromatic heterocycles. The van der Waals surface area contributed by atoms with E-state index in [0.29, 0.717) is 31.1 Å². The molecular formula is C27H33N5O2. The van der Waals surface area contributed by atoms with Crippen molar-refractivity contribution in [2.24, 2.45) is 5.92 Å². The lowest BCUT2D eigenvalue weighted by molar-refractivity contribution is 0.0928. The smallest absolute Gasteiger partial charge is 0.273 e. The van der Waals surface area contributed by atoms with Crippen molar-refractivity contribution in [2.75, 3.05) is 19.6 Å². The number of Topliss-reactive ketones (excluding diaryl/α,β-unsaturated/α-hetero) is 1. The van der Waals surface area contributed by atoms with Crippen LogP contribution in [-0.2, 0) is 19.5 Å². The van der Waals surface area contributed by atoms with Crippen LogP contribution >= 0.6 is 0 Å². The molecule has 34 heavy (non-hydrogen) atoms. The monoisotopic (exact) mass is 459 g/mol. The number of rotatable bonds is 9.